The summed E-state index contributed by atoms with van der Waals surface area (Å²) in [5, 5.41) is 15.7. The second-order valence-electron chi connectivity index (χ2n) is 3.16. The minimum Gasteiger partial charge on any atom is -0.390 e. The minimum absolute atomic E-state index is 0.295. The van der Waals surface area contributed by atoms with E-state index in [1.165, 1.54) is 12.8 Å². The molecule has 0 amide bonds. The largest absolute Gasteiger partial charge is 0.390 e. The molecule has 1 unspecified atom stereocenters. The smallest absolute Gasteiger partial charge is 0.0788 e. The van der Waals surface area contributed by atoms with Crippen LogP contribution in [0.1, 0.15) is 19.8 Å². The van der Waals surface area contributed by atoms with E-state index in [1.807, 2.05) is 0 Å². The molecular formula is C10H22N2O. The van der Waals surface area contributed by atoms with Crippen molar-refractivity contribution in [2.75, 3.05) is 26.2 Å². The molecule has 3 heteroatoms. The van der Waals surface area contributed by atoms with Crippen LogP contribution in [0.25, 0.3) is 0 Å². The molecule has 0 saturated heterocycles. The molecule has 0 rings (SSSR count). The summed E-state index contributed by atoms with van der Waals surface area (Å²) in [5.41, 5.74) is 0. The van der Waals surface area contributed by atoms with Crippen molar-refractivity contribution in [1.82, 2.24) is 10.6 Å². The first kappa shape index (κ1) is 12.6. The number of aliphatic hydroxyl groups is 1. The summed E-state index contributed by atoms with van der Waals surface area (Å²) in [6.45, 7) is 8.79. The normalized spacial score (nSPS) is 12.8. The highest BCUT2D eigenvalue weighted by Crippen LogP contribution is 1.83. The van der Waals surface area contributed by atoms with Crippen molar-refractivity contribution in [1.29, 1.82) is 0 Å². The van der Waals surface area contributed by atoms with Gasteiger partial charge in [-0.15, -0.1) is 6.58 Å². The van der Waals surface area contributed by atoms with Crippen LogP contribution < -0.4 is 10.6 Å². The van der Waals surface area contributed by atoms with Crippen molar-refractivity contribution in [3.63, 3.8) is 0 Å². The fourth-order valence-corrected chi connectivity index (χ4v) is 0.995. The lowest BCUT2D eigenvalue weighted by atomic mass is 10.3. The summed E-state index contributed by atoms with van der Waals surface area (Å²) in [6, 6.07) is 0. The fourth-order valence-electron chi connectivity index (χ4n) is 0.995. The lowest BCUT2D eigenvalue weighted by Gasteiger charge is -2.11. The predicted octanol–water partition coefficient (Wildman–Crippen LogP) is 0.513. The van der Waals surface area contributed by atoms with Crippen molar-refractivity contribution in [2.45, 2.75) is 25.9 Å². The third-order valence-corrected chi connectivity index (χ3v) is 1.76. The van der Waals surface area contributed by atoms with Crippen molar-refractivity contribution in [3.05, 3.63) is 12.7 Å². The molecule has 0 aromatic rings. The van der Waals surface area contributed by atoms with E-state index in [9.17, 15) is 5.11 Å². The van der Waals surface area contributed by atoms with Gasteiger partial charge in [-0.2, -0.15) is 0 Å². The molecule has 0 saturated carbocycles. The van der Waals surface area contributed by atoms with Crippen molar-refractivity contribution < 1.29 is 5.11 Å². The van der Waals surface area contributed by atoms with E-state index in [2.05, 4.69) is 24.1 Å². The zero-order valence-corrected chi connectivity index (χ0v) is 8.55. The van der Waals surface area contributed by atoms with Gasteiger partial charge in [0.05, 0.1) is 6.10 Å². The van der Waals surface area contributed by atoms with Crippen LogP contribution >= 0.6 is 0 Å². The summed E-state index contributed by atoms with van der Waals surface area (Å²) in [6.07, 6.45) is 3.86. The number of aliphatic hydroxyl groups excluding tert-OH is 1. The predicted molar refractivity (Wildman–Crippen MR) is 56.9 cm³/mol. The van der Waals surface area contributed by atoms with E-state index in [1.54, 1.807) is 6.08 Å². The molecule has 13 heavy (non-hydrogen) atoms. The standard InChI is InChI=1S/C10H22N2O/c1-3-5-7-12-9-10(13)8-11-6-4-2/h4,10-13H,2-3,5-9H2,1H3. The maximum absolute atomic E-state index is 9.42. The summed E-state index contributed by atoms with van der Waals surface area (Å²) in [7, 11) is 0. The number of rotatable bonds is 9. The van der Waals surface area contributed by atoms with E-state index >= 15 is 0 Å². The first-order valence-corrected chi connectivity index (χ1v) is 5.01. The number of hydrogen-bond acceptors (Lipinski definition) is 3. The van der Waals surface area contributed by atoms with E-state index in [0.717, 1.165) is 13.1 Å². The van der Waals surface area contributed by atoms with Crippen molar-refractivity contribution in [3.8, 4) is 0 Å². The average molecular weight is 186 g/mol. The van der Waals surface area contributed by atoms with Crippen LogP contribution in [-0.2, 0) is 0 Å². The van der Waals surface area contributed by atoms with E-state index in [4.69, 9.17) is 0 Å². The Labute approximate surface area is 81.2 Å². The van der Waals surface area contributed by atoms with Gasteiger partial charge in [-0.3, -0.25) is 0 Å². The van der Waals surface area contributed by atoms with Crippen molar-refractivity contribution in [2.24, 2.45) is 0 Å². The molecule has 0 aliphatic rings. The Kier molecular flexibility index (Phi) is 9.42. The summed E-state index contributed by atoms with van der Waals surface area (Å²) in [5.74, 6) is 0. The van der Waals surface area contributed by atoms with Crippen LogP contribution in [0, 0.1) is 0 Å². The van der Waals surface area contributed by atoms with E-state index < -0.39 is 0 Å². The van der Waals surface area contributed by atoms with Gasteiger partial charge in [0, 0.05) is 19.6 Å². The second-order valence-corrected chi connectivity index (χ2v) is 3.16. The monoisotopic (exact) mass is 186 g/mol. The maximum Gasteiger partial charge on any atom is 0.0788 e. The third-order valence-electron chi connectivity index (χ3n) is 1.76. The van der Waals surface area contributed by atoms with Gasteiger partial charge in [-0.05, 0) is 13.0 Å². The molecule has 0 fully saturated rings. The molecule has 0 bridgehead atoms. The zero-order valence-electron chi connectivity index (χ0n) is 8.55. The summed E-state index contributed by atoms with van der Waals surface area (Å²) < 4.78 is 0. The van der Waals surface area contributed by atoms with Crippen LogP contribution in [0.5, 0.6) is 0 Å². The first-order chi connectivity index (χ1) is 6.31. The number of unbranched alkanes of at least 4 members (excludes halogenated alkanes) is 1. The van der Waals surface area contributed by atoms with Crippen LogP contribution in [0.4, 0.5) is 0 Å². The summed E-state index contributed by atoms with van der Waals surface area (Å²) >= 11 is 0. The Hall–Kier alpha value is -0.380. The molecule has 0 aromatic heterocycles. The molecule has 0 aromatic carbocycles. The van der Waals surface area contributed by atoms with E-state index in [0.29, 0.717) is 13.1 Å². The molecule has 0 heterocycles. The van der Waals surface area contributed by atoms with Gasteiger partial charge in [-0.25, -0.2) is 0 Å². The van der Waals surface area contributed by atoms with Crippen LogP contribution in [0.15, 0.2) is 12.7 Å². The SMILES string of the molecule is C=CCNCC(O)CNCCCC. The lowest BCUT2D eigenvalue weighted by molar-refractivity contribution is 0.170. The number of hydrogen-bond donors (Lipinski definition) is 3. The lowest BCUT2D eigenvalue weighted by Crippen LogP contribution is -2.35. The quantitative estimate of drug-likeness (QED) is 0.363. The van der Waals surface area contributed by atoms with Gasteiger partial charge in [-0.1, -0.05) is 19.4 Å². The van der Waals surface area contributed by atoms with Gasteiger partial charge in [0.15, 0.2) is 0 Å². The first-order valence-electron chi connectivity index (χ1n) is 5.01. The van der Waals surface area contributed by atoms with Crippen LogP contribution in [0.3, 0.4) is 0 Å². The number of nitrogens with one attached hydrogen (secondary N) is 2. The minimum atomic E-state index is -0.295. The van der Waals surface area contributed by atoms with E-state index in [-0.39, 0.29) is 6.10 Å². The zero-order chi connectivity index (χ0) is 9.94. The van der Waals surface area contributed by atoms with Gasteiger partial charge in [0.2, 0.25) is 0 Å². The highest BCUT2D eigenvalue weighted by Gasteiger charge is 2.00. The van der Waals surface area contributed by atoms with Crippen LogP contribution in [-0.4, -0.2) is 37.4 Å². The molecule has 3 nitrogen and oxygen atoms in total. The van der Waals surface area contributed by atoms with Gasteiger partial charge in [0.25, 0.3) is 0 Å². The molecule has 0 spiro atoms. The Balaban J connectivity index is 3.09. The maximum atomic E-state index is 9.42. The highest BCUT2D eigenvalue weighted by molar-refractivity contribution is 4.71. The second kappa shape index (κ2) is 9.71. The van der Waals surface area contributed by atoms with Gasteiger partial charge >= 0.3 is 0 Å². The van der Waals surface area contributed by atoms with Crippen LogP contribution in [0.2, 0.25) is 0 Å². The molecule has 1 atom stereocenters. The molecule has 3 N–H and O–H groups in total. The van der Waals surface area contributed by atoms with Gasteiger partial charge in [0.1, 0.15) is 0 Å². The van der Waals surface area contributed by atoms with Crippen molar-refractivity contribution >= 4 is 0 Å². The Morgan fingerprint density at radius 3 is 2.69 bits per heavy atom. The molecule has 0 aliphatic carbocycles. The Bertz CT molecular complexity index is 117. The third kappa shape index (κ3) is 9.53. The molecule has 78 valence electrons. The fraction of sp³-hybridized carbons (Fsp3) is 0.800. The average Bonchev–Trinajstić information content (AvgIpc) is 2.13. The van der Waals surface area contributed by atoms with Gasteiger partial charge < -0.3 is 15.7 Å². The summed E-state index contributed by atoms with van der Waals surface area (Å²) in [4.78, 5) is 0. The highest BCUT2D eigenvalue weighted by atomic mass is 16.3. The molecule has 0 radical (unpaired) electrons. The topological polar surface area (TPSA) is 44.3 Å². The molecule has 0 aliphatic heterocycles. The molecular weight excluding hydrogens is 164 g/mol. The Morgan fingerprint density at radius 2 is 2.08 bits per heavy atom. The Morgan fingerprint density at radius 1 is 1.38 bits per heavy atom.